The summed E-state index contributed by atoms with van der Waals surface area (Å²) in [4.78, 5) is 4.74. The van der Waals surface area contributed by atoms with Gasteiger partial charge in [-0.1, -0.05) is 48.5 Å². The van der Waals surface area contributed by atoms with Gasteiger partial charge in [0.1, 0.15) is 5.03 Å². The number of nitrogens with zero attached hydrogens (tertiary/aromatic N) is 3. The number of rotatable bonds is 4. The lowest BCUT2D eigenvalue weighted by Crippen LogP contribution is -2.02. The number of para-hydroxylation sites is 1. The molecule has 2 aromatic heterocycles. The molecule has 4 nitrogen and oxygen atoms in total. The fraction of sp³-hybridized carbons (Fsp3) is 0.158. The van der Waals surface area contributed by atoms with Crippen LogP contribution in [-0.2, 0) is 0 Å². The average molecular weight is 335 g/mol. The predicted molar refractivity (Wildman–Crippen MR) is 97.4 cm³/mol. The molecule has 4 aromatic rings. The molecule has 0 aliphatic heterocycles. The molecule has 2 aromatic carbocycles. The molecule has 0 radical (unpaired) electrons. The molecule has 0 bridgehead atoms. The molecule has 1 atom stereocenters. The van der Waals surface area contributed by atoms with Gasteiger partial charge in [-0.15, -0.1) is 11.8 Å². The van der Waals surface area contributed by atoms with Crippen LogP contribution in [0.25, 0.3) is 16.6 Å². The Kier molecular flexibility index (Phi) is 3.96. The molecule has 0 aliphatic carbocycles. The van der Waals surface area contributed by atoms with Gasteiger partial charge in [-0.3, -0.25) is 0 Å². The molecule has 0 fully saturated rings. The first-order valence-corrected chi connectivity index (χ1v) is 8.82. The minimum atomic E-state index is -0.514. The SMILES string of the molecule is Cc1cc2nc(SC[C@@H](O)c3ccccc3)c3ccccc3n2n1. The summed E-state index contributed by atoms with van der Waals surface area (Å²) in [7, 11) is 0. The Balaban J connectivity index is 1.70. The molecule has 1 N–H and O–H groups in total. The number of aromatic nitrogens is 3. The summed E-state index contributed by atoms with van der Waals surface area (Å²) in [6.07, 6.45) is -0.514. The summed E-state index contributed by atoms with van der Waals surface area (Å²) in [6, 6.07) is 19.8. The van der Waals surface area contributed by atoms with Crippen LogP contribution in [0.15, 0.2) is 65.7 Å². The maximum absolute atomic E-state index is 10.4. The first-order valence-electron chi connectivity index (χ1n) is 7.83. The topological polar surface area (TPSA) is 50.4 Å². The average Bonchev–Trinajstić information content (AvgIpc) is 3.00. The van der Waals surface area contributed by atoms with Crippen molar-refractivity contribution in [2.75, 3.05) is 5.75 Å². The quantitative estimate of drug-likeness (QED) is 0.452. The van der Waals surface area contributed by atoms with Crippen LogP contribution in [0.2, 0.25) is 0 Å². The highest BCUT2D eigenvalue weighted by molar-refractivity contribution is 7.99. The second kappa shape index (κ2) is 6.26. The molecule has 0 saturated heterocycles. The first-order chi connectivity index (χ1) is 11.7. The van der Waals surface area contributed by atoms with Crippen molar-refractivity contribution in [1.82, 2.24) is 14.6 Å². The van der Waals surface area contributed by atoms with Crippen LogP contribution in [0.5, 0.6) is 0 Å². The van der Waals surface area contributed by atoms with Gasteiger partial charge in [-0.05, 0) is 18.6 Å². The van der Waals surface area contributed by atoms with Gasteiger partial charge in [0.2, 0.25) is 0 Å². The van der Waals surface area contributed by atoms with Crippen LogP contribution in [0.3, 0.4) is 0 Å². The van der Waals surface area contributed by atoms with E-state index in [9.17, 15) is 5.11 Å². The van der Waals surface area contributed by atoms with E-state index < -0.39 is 6.10 Å². The number of aliphatic hydroxyl groups excluding tert-OH is 1. The first kappa shape index (κ1) is 15.2. The van der Waals surface area contributed by atoms with Crippen LogP contribution in [0.1, 0.15) is 17.4 Å². The van der Waals surface area contributed by atoms with E-state index in [1.807, 2.05) is 66.0 Å². The molecule has 120 valence electrons. The Morgan fingerprint density at radius 3 is 2.67 bits per heavy atom. The predicted octanol–water partition coefficient (Wildman–Crippen LogP) is 4.02. The molecule has 0 spiro atoms. The number of hydrogen-bond acceptors (Lipinski definition) is 4. The van der Waals surface area contributed by atoms with Crippen molar-refractivity contribution in [3.8, 4) is 0 Å². The molecule has 0 amide bonds. The van der Waals surface area contributed by atoms with Crippen molar-refractivity contribution >= 4 is 28.3 Å². The Hall–Kier alpha value is -2.37. The highest BCUT2D eigenvalue weighted by atomic mass is 32.2. The summed E-state index contributed by atoms with van der Waals surface area (Å²) < 4.78 is 1.88. The fourth-order valence-corrected chi connectivity index (χ4v) is 3.78. The van der Waals surface area contributed by atoms with Crippen molar-refractivity contribution in [1.29, 1.82) is 0 Å². The molecule has 0 unspecified atom stereocenters. The lowest BCUT2D eigenvalue weighted by molar-refractivity contribution is 0.204. The number of aliphatic hydroxyl groups is 1. The minimum Gasteiger partial charge on any atom is -0.388 e. The standard InChI is InChI=1S/C19H17N3OS/c1-13-11-18-20-19(15-9-5-6-10-16(15)22(18)21-13)24-12-17(23)14-7-3-2-4-8-14/h2-11,17,23H,12H2,1H3/t17-/m1/s1. The smallest absolute Gasteiger partial charge is 0.157 e. The molecule has 0 saturated carbocycles. The number of aryl methyl sites for hydroxylation is 1. The van der Waals surface area contributed by atoms with Gasteiger partial charge in [0, 0.05) is 17.2 Å². The summed E-state index contributed by atoms with van der Waals surface area (Å²) in [5.74, 6) is 0.560. The Bertz CT molecular complexity index is 998. The monoisotopic (exact) mass is 335 g/mol. The van der Waals surface area contributed by atoms with Crippen LogP contribution in [-0.4, -0.2) is 25.5 Å². The highest BCUT2D eigenvalue weighted by Crippen LogP contribution is 2.30. The van der Waals surface area contributed by atoms with Gasteiger partial charge in [0.05, 0.1) is 17.3 Å². The van der Waals surface area contributed by atoms with E-state index >= 15 is 0 Å². The molecular weight excluding hydrogens is 318 g/mol. The van der Waals surface area contributed by atoms with E-state index in [2.05, 4.69) is 11.2 Å². The van der Waals surface area contributed by atoms with E-state index in [0.29, 0.717) is 5.75 Å². The second-order valence-electron chi connectivity index (χ2n) is 5.73. The van der Waals surface area contributed by atoms with E-state index in [-0.39, 0.29) is 0 Å². The summed E-state index contributed by atoms with van der Waals surface area (Å²) >= 11 is 1.57. The highest BCUT2D eigenvalue weighted by Gasteiger charge is 2.13. The number of fused-ring (bicyclic) bond motifs is 3. The van der Waals surface area contributed by atoms with Crippen LogP contribution in [0.4, 0.5) is 0 Å². The Morgan fingerprint density at radius 1 is 1.08 bits per heavy atom. The van der Waals surface area contributed by atoms with Crippen LogP contribution in [0, 0.1) is 6.92 Å². The zero-order valence-corrected chi connectivity index (χ0v) is 14.1. The number of hydrogen-bond donors (Lipinski definition) is 1. The van der Waals surface area contributed by atoms with E-state index in [4.69, 9.17) is 4.98 Å². The zero-order valence-electron chi connectivity index (χ0n) is 13.3. The molecule has 4 rings (SSSR count). The summed E-state index contributed by atoms with van der Waals surface area (Å²) in [6.45, 7) is 1.97. The maximum atomic E-state index is 10.4. The van der Waals surface area contributed by atoms with Gasteiger partial charge in [0.15, 0.2) is 5.65 Å². The van der Waals surface area contributed by atoms with E-state index in [0.717, 1.165) is 32.8 Å². The normalized spacial score (nSPS) is 12.8. The van der Waals surface area contributed by atoms with Crippen molar-refractivity contribution < 1.29 is 5.11 Å². The van der Waals surface area contributed by atoms with Crippen LogP contribution < -0.4 is 0 Å². The van der Waals surface area contributed by atoms with Crippen molar-refractivity contribution in [2.45, 2.75) is 18.1 Å². The third kappa shape index (κ3) is 2.77. The third-order valence-corrected chi connectivity index (χ3v) is 5.02. The molecule has 5 heteroatoms. The molecular formula is C19H17N3OS. The van der Waals surface area contributed by atoms with Gasteiger partial charge in [0.25, 0.3) is 0 Å². The third-order valence-electron chi connectivity index (χ3n) is 3.95. The number of thioether (sulfide) groups is 1. The van der Waals surface area contributed by atoms with Gasteiger partial charge in [-0.2, -0.15) is 5.10 Å². The minimum absolute atomic E-state index is 0.514. The van der Waals surface area contributed by atoms with Gasteiger partial charge >= 0.3 is 0 Å². The largest absolute Gasteiger partial charge is 0.388 e. The van der Waals surface area contributed by atoms with E-state index in [1.165, 1.54) is 0 Å². The lowest BCUT2D eigenvalue weighted by Gasteiger charge is -2.12. The van der Waals surface area contributed by atoms with Gasteiger partial charge in [-0.25, -0.2) is 9.50 Å². The summed E-state index contributed by atoms with van der Waals surface area (Å²) in [5, 5.41) is 16.9. The Morgan fingerprint density at radius 2 is 1.83 bits per heavy atom. The molecule has 0 aliphatic rings. The van der Waals surface area contributed by atoms with Gasteiger partial charge < -0.3 is 5.11 Å². The molecule has 24 heavy (non-hydrogen) atoms. The lowest BCUT2D eigenvalue weighted by atomic mass is 10.1. The zero-order chi connectivity index (χ0) is 16.5. The molecule has 2 heterocycles. The van der Waals surface area contributed by atoms with E-state index in [1.54, 1.807) is 11.8 Å². The van der Waals surface area contributed by atoms with Crippen molar-refractivity contribution in [3.05, 3.63) is 71.9 Å². The van der Waals surface area contributed by atoms with Crippen LogP contribution >= 0.6 is 11.8 Å². The maximum Gasteiger partial charge on any atom is 0.157 e. The fourth-order valence-electron chi connectivity index (χ4n) is 2.79. The van der Waals surface area contributed by atoms with Crippen molar-refractivity contribution in [2.24, 2.45) is 0 Å². The number of benzene rings is 2. The Labute approximate surface area is 144 Å². The second-order valence-corrected chi connectivity index (χ2v) is 6.74. The van der Waals surface area contributed by atoms with Crippen molar-refractivity contribution in [3.63, 3.8) is 0 Å². The summed E-state index contributed by atoms with van der Waals surface area (Å²) in [5.41, 5.74) is 3.74.